The maximum atomic E-state index is 8.59. The molecule has 0 radical (unpaired) electrons. The Morgan fingerprint density at radius 3 is 0.526 bits per heavy atom. The van der Waals surface area contributed by atoms with Gasteiger partial charge in [0.15, 0.2) is 0 Å². The summed E-state index contributed by atoms with van der Waals surface area (Å²) >= 11 is 0. The number of aliphatic hydroxyl groups is 2. The molecule has 2 N–H and O–H groups in total. The monoisotopic (exact) mass is 1360 g/mol. The van der Waals surface area contributed by atoms with Crippen molar-refractivity contribution in [3.8, 4) is 11.5 Å². The van der Waals surface area contributed by atoms with Crippen LogP contribution < -0.4 is 9.47 Å². The van der Waals surface area contributed by atoms with Gasteiger partial charge in [-0.15, -0.1) is 0 Å². The molecule has 0 amide bonds. The van der Waals surface area contributed by atoms with Gasteiger partial charge in [-0.1, -0.05) is 115 Å². The zero-order valence-electron chi connectivity index (χ0n) is 59.1. The molecule has 0 bridgehead atoms. The van der Waals surface area contributed by atoms with Crippen molar-refractivity contribution < 1.29 is 110 Å². The van der Waals surface area contributed by atoms with E-state index in [2.05, 4.69) is 62.4 Å². The summed E-state index contributed by atoms with van der Waals surface area (Å²) in [6.07, 6.45) is 21.0. The minimum absolute atomic E-state index is 0.0267. The van der Waals surface area contributed by atoms with Crippen molar-refractivity contribution in [1.82, 2.24) is 0 Å². The lowest BCUT2D eigenvalue weighted by Crippen LogP contribution is -2.15. The SMILES string of the molecule is CCCCCCCCCc1ccc(OCCOCCOCCOCCOCCOCCOCCOCCOCCOCCO)cc1.CCCCCCCCCc1ccc(OCCOCCOCCOCCOCCOCCOCCOCCOCCOCCOCCO)cc1. The van der Waals surface area contributed by atoms with Gasteiger partial charge in [0.05, 0.1) is 264 Å². The van der Waals surface area contributed by atoms with E-state index in [1.165, 1.54) is 101 Å². The average molecular weight is 1370 g/mol. The highest BCUT2D eigenvalue weighted by atomic mass is 16.6. The van der Waals surface area contributed by atoms with Gasteiger partial charge in [-0.2, -0.15) is 0 Å². The van der Waals surface area contributed by atoms with Gasteiger partial charge in [-0.3, -0.25) is 0 Å². The third-order valence-electron chi connectivity index (χ3n) is 13.8. The van der Waals surface area contributed by atoms with Gasteiger partial charge in [0.25, 0.3) is 0 Å². The molecule has 0 unspecified atom stereocenters. The molecule has 0 saturated carbocycles. The number of aliphatic hydroxyl groups excluding tert-OH is 2. The summed E-state index contributed by atoms with van der Waals surface area (Å²) in [6.45, 7) is 24.7. The normalized spacial score (nSPS) is 11.5. The Labute approximate surface area is 572 Å². The summed E-state index contributed by atoms with van der Waals surface area (Å²) in [4.78, 5) is 0. The second kappa shape index (κ2) is 80.2. The van der Waals surface area contributed by atoms with Gasteiger partial charge >= 0.3 is 0 Å². The fourth-order valence-electron chi connectivity index (χ4n) is 8.59. The molecule has 558 valence electrons. The first kappa shape index (κ1) is 90.2. The summed E-state index contributed by atoms with van der Waals surface area (Å²) in [7, 11) is 0. The summed E-state index contributed by atoms with van der Waals surface area (Å²) < 4.78 is 115. The first-order chi connectivity index (χ1) is 47.2. The minimum atomic E-state index is 0.0267. The molecule has 0 aliphatic carbocycles. The van der Waals surface area contributed by atoms with Crippen LogP contribution in [-0.2, 0) is 103 Å². The minimum Gasteiger partial charge on any atom is -0.491 e. The Hall–Kier alpha value is -2.80. The maximum absolute atomic E-state index is 8.59. The van der Waals surface area contributed by atoms with Gasteiger partial charge in [-0.05, 0) is 61.1 Å². The Balaban J connectivity index is 0.000000952. The third kappa shape index (κ3) is 72.3. The molecule has 0 spiro atoms. The summed E-state index contributed by atoms with van der Waals surface area (Å²) in [5.41, 5.74) is 2.76. The molecule has 0 saturated heterocycles. The van der Waals surface area contributed by atoms with Crippen LogP contribution in [0.5, 0.6) is 11.5 Å². The standard InChI is InChI=1S/C37H68O12.C35H64O11/c1-2-3-4-5-6-7-8-9-36-10-12-37(13-11-36)49-35-34-48-33-32-47-31-30-46-29-28-45-27-26-44-25-24-43-23-22-42-21-20-41-19-18-40-17-16-39-15-14-38;1-2-3-4-5-6-7-8-9-34-10-12-35(13-11-34)46-33-32-45-31-30-44-29-28-43-27-26-42-25-24-41-23-22-40-21-20-39-19-18-38-17-16-37-15-14-36/h10-13,38H,2-9,14-35H2,1H3;10-13,36H,2-9,14-33H2,1H3. The quantitative estimate of drug-likeness (QED) is 0.0588. The molecular weight excluding hydrogens is 1230 g/mol. The Morgan fingerprint density at radius 1 is 0.189 bits per heavy atom. The molecule has 0 aliphatic heterocycles. The fraction of sp³-hybridized carbons (Fsp3) is 0.833. The zero-order chi connectivity index (χ0) is 67.8. The van der Waals surface area contributed by atoms with Crippen LogP contribution in [0.25, 0.3) is 0 Å². The lowest BCUT2D eigenvalue weighted by Gasteiger charge is -2.09. The molecule has 2 aromatic carbocycles. The molecule has 95 heavy (non-hydrogen) atoms. The average Bonchev–Trinajstić information content (AvgIpc) is 3.47. The lowest BCUT2D eigenvalue weighted by molar-refractivity contribution is -0.0270. The van der Waals surface area contributed by atoms with E-state index >= 15 is 0 Å². The number of hydrogen-bond acceptors (Lipinski definition) is 23. The van der Waals surface area contributed by atoms with Crippen LogP contribution in [0.15, 0.2) is 48.5 Å². The lowest BCUT2D eigenvalue weighted by atomic mass is 10.0. The number of benzene rings is 2. The molecule has 2 aromatic rings. The molecule has 0 aromatic heterocycles. The van der Waals surface area contributed by atoms with Crippen molar-refractivity contribution in [2.75, 3.05) is 277 Å². The van der Waals surface area contributed by atoms with Crippen LogP contribution in [0.2, 0.25) is 0 Å². The Bertz CT molecular complexity index is 1710. The Kier molecular flexibility index (Phi) is 76.1. The topological polar surface area (TPSA) is 234 Å². The van der Waals surface area contributed by atoms with E-state index in [4.69, 9.17) is 110 Å². The van der Waals surface area contributed by atoms with Gasteiger partial charge in [0.2, 0.25) is 0 Å². The molecule has 0 aliphatic rings. The van der Waals surface area contributed by atoms with Crippen molar-refractivity contribution >= 4 is 0 Å². The molecule has 0 fully saturated rings. The van der Waals surface area contributed by atoms with E-state index < -0.39 is 0 Å². The van der Waals surface area contributed by atoms with E-state index in [0.717, 1.165) is 24.3 Å². The van der Waals surface area contributed by atoms with Crippen LogP contribution in [0, 0.1) is 0 Å². The highest BCUT2D eigenvalue weighted by Gasteiger charge is 2.03. The van der Waals surface area contributed by atoms with Crippen molar-refractivity contribution in [2.24, 2.45) is 0 Å². The van der Waals surface area contributed by atoms with E-state index in [1.54, 1.807) is 0 Å². The number of hydrogen-bond donors (Lipinski definition) is 2. The van der Waals surface area contributed by atoms with E-state index in [9.17, 15) is 0 Å². The summed E-state index contributed by atoms with van der Waals surface area (Å²) in [6, 6.07) is 16.9. The highest BCUT2D eigenvalue weighted by molar-refractivity contribution is 5.28. The number of aryl methyl sites for hydroxylation is 2. The van der Waals surface area contributed by atoms with Gasteiger partial charge in [-0.25, -0.2) is 0 Å². The van der Waals surface area contributed by atoms with Crippen LogP contribution in [-0.4, -0.2) is 288 Å². The highest BCUT2D eigenvalue weighted by Crippen LogP contribution is 2.17. The molecule has 2 rings (SSSR count). The molecular formula is C72H132O23. The maximum Gasteiger partial charge on any atom is 0.119 e. The predicted octanol–water partition coefficient (Wildman–Crippen LogP) is 9.02. The van der Waals surface area contributed by atoms with Gasteiger partial charge < -0.3 is 110 Å². The van der Waals surface area contributed by atoms with Crippen molar-refractivity contribution in [3.05, 3.63) is 59.7 Å². The van der Waals surface area contributed by atoms with Crippen molar-refractivity contribution in [3.63, 3.8) is 0 Å². The van der Waals surface area contributed by atoms with Crippen molar-refractivity contribution in [1.29, 1.82) is 0 Å². The third-order valence-corrected chi connectivity index (χ3v) is 13.8. The van der Waals surface area contributed by atoms with Gasteiger partial charge in [0.1, 0.15) is 24.7 Å². The van der Waals surface area contributed by atoms with Crippen LogP contribution in [0.1, 0.15) is 115 Å². The molecule has 0 heterocycles. The first-order valence-corrected chi connectivity index (χ1v) is 35.9. The number of ether oxygens (including phenoxy) is 21. The fourth-order valence-corrected chi connectivity index (χ4v) is 8.59. The van der Waals surface area contributed by atoms with E-state index in [1.807, 2.05) is 0 Å². The van der Waals surface area contributed by atoms with Crippen LogP contribution >= 0.6 is 0 Å². The second-order valence-corrected chi connectivity index (χ2v) is 21.8. The smallest absolute Gasteiger partial charge is 0.119 e. The molecule has 23 heteroatoms. The number of unbranched alkanes of at least 4 members (excludes halogenated alkanes) is 12. The first-order valence-electron chi connectivity index (χ1n) is 35.9. The van der Waals surface area contributed by atoms with Crippen molar-refractivity contribution in [2.45, 2.75) is 117 Å². The summed E-state index contributed by atoms with van der Waals surface area (Å²) in [5, 5.41) is 17.2. The largest absolute Gasteiger partial charge is 0.491 e. The van der Waals surface area contributed by atoms with Crippen LogP contribution in [0.3, 0.4) is 0 Å². The second-order valence-electron chi connectivity index (χ2n) is 21.8. The number of rotatable bonds is 79. The van der Waals surface area contributed by atoms with Gasteiger partial charge in [0, 0.05) is 0 Å². The Morgan fingerprint density at radius 2 is 0.347 bits per heavy atom. The summed E-state index contributed by atoms with van der Waals surface area (Å²) in [5.74, 6) is 1.77. The molecule has 0 atom stereocenters. The van der Waals surface area contributed by atoms with E-state index in [-0.39, 0.29) is 13.2 Å². The predicted molar refractivity (Wildman–Crippen MR) is 367 cm³/mol. The zero-order valence-corrected chi connectivity index (χ0v) is 59.1. The molecule has 23 nitrogen and oxygen atoms in total. The van der Waals surface area contributed by atoms with E-state index in [0.29, 0.717) is 264 Å². The van der Waals surface area contributed by atoms with Crippen LogP contribution in [0.4, 0.5) is 0 Å².